The number of benzene rings is 2. The van der Waals surface area contributed by atoms with Gasteiger partial charge in [0.2, 0.25) is 0 Å². The van der Waals surface area contributed by atoms with E-state index in [1.54, 1.807) is 0 Å². The van der Waals surface area contributed by atoms with Gasteiger partial charge in [-0.2, -0.15) is 0 Å². The van der Waals surface area contributed by atoms with Gasteiger partial charge in [0.25, 0.3) is 0 Å². The molecule has 3 rings (SSSR count). The molecule has 2 aromatic rings. The summed E-state index contributed by atoms with van der Waals surface area (Å²) in [6.45, 7) is 5.09. The van der Waals surface area contributed by atoms with E-state index in [2.05, 4.69) is 27.5 Å². The van der Waals surface area contributed by atoms with Crippen LogP contribution in [0.1, 0.15) is 43.9 Å². The topological polar surface area (TPSA) is 42.5 Å². The lowest BCUT2D eigenvalue weighted by Crippen LogP contribution is -2.45. The number of ether oxygens (including phenoxy) is 2. The first-order valence-electron chi connectivity index (χ1n) is 9.89. The first kappa shape index (κ1) is 21.5. The van der Waals surface area contributed by atoms with Crippen molar-refractivity contribution in [1.82, 2.24) is 10.6 Å². The largest absolute Gasteiger partial charge is 0.573 e. The van der Waals surface area contributed by atoms with Crippen molar-refractivity contribution in [3.8, 4) is 11.5 Å². The van der Waals surface area contributed by atoms with Gasteiger partial charge in [-0.1, -0.05) is 30.3 Å². The second-order valence-corrected chi connectivity index (χ2v) is 7.46. The molecule has 2 atom stereocenters. The number of piperidine rings is 1. The molecule has 29 heavy (non-hydrogen) atoms. The molecule has 0 spiro atoms. The minimum Gasteiger partial charge on any atom is -0.491 e. The first-order valence-corrected chi connectivity index (χ1v) is 9.89. The highest BCUT2D eigenvalue weighted by molar-refractivity contribution is 5.40. The minimum atomic E-state index is -4.73. The second kappa shape index (κ2) is 9.50. The highest BCUT2D eigenvalue weighted by Gasteiger charge is 2.31. The summed E-state index contributed by atoms with van der Waals surface area (Å²) in [6, 6.07) is 14.7. The molecule has 2 aromatic carbocycles. The lowest BCUT2D eigenvalue weighted by Gasteiger charge is -2.34. The van der Waals surface area contributed by atoms with Crippen LogP contribution in [0.3, 0.4) is 0 Å². The van der Waals surface area contributed by atoms with E-state index in [9.17, 15) is 13.2 Å². The number of hydrogen-bond donors (Lipinski definition) is 2. The molecular weight excluding hydrogens is 381 g/mol. The van der Waals surface area contributed by atoms with Crippen LogP contribution >= 0.6 is 0 Å². The van der Waals surface area contributed by atoms with Crippen LogP contribution in [0.25, 0.3) is 0 Å². The lowest BCUT2D eigenvalue weighted by molar-refractivity contribution is -0.274. The predicted octanol–water partition coefficient (Wildman–Crippen LogP) is 4.96. The Balaban J connectivity index is 1.77. The van der Waals surface area contributed by atoms with Crippen LogP contribution in [0.5, 0.6) is 11.5 Å². The van der Waals surface area contributed by atoms with Gasteiger partial charge < -0.3 is 20.1 Å². The maximum absolute atomic E-state index is 12.6. The van der Waals surface area contributed by atoms with Gasteiger partial charge in [0.05, 0.1) is 6.10 Å². The molecule has 0 aromatic heterocycles. The third kappa shape index (κ3) is 6.37. The molecule has 0 amide bonds. The average molecular weight is 408 g/mol. The van der Waals surface area contributed by atoms with E-state index in [-0.39, 0.29) is 23.9 Å². The van der Waals surface area contributed by atoms with Gasteiger partial charge >= 0.3 is 6.36 Å². The summed E-state index contributed by atoms with van der Waals surface area (Å²) in [7, 11) is 0. The molecular formula is C22H27F3N2O2. The minimum absolute atomic E-state index is 0.0865. The van der Waals surface area contributed by atoms with Crippen LogP contribution in [-0.2, 0) is 6.54 Å². The lowest BCUT2D eigenvalue weighted by atomic mass is 9.92. The van der Waals surface area contributed by atoms with Crippen molar-refractivity contribution < 1.29 is 22.6 Å². The Morgan fingerprint density at radius 1 is 1.14 bits per heavy atom. The van der Waals surface area contributed by atoms with Crippen LogP contribution < -0.4 is 20.1 Å². The maximum Gasteiger partial charge on any atom is 0.573 e. The van der Waals surface area contributed by atoms with E-state index >= 15 is 0 Å². The zero-order valence-corrected chi connectivity index (χ0v) is 16.6. The van der Waals surface area contributed by atoms with E-state index in [1.165, 1.54) is 23.8 Å². The Bertz CT molecular complexity index is 781. The van der Waals surface area contributed by atoms with Crippen LogP contribution in [0.15, 0.2) is 48.5 Å². The molecule has 0 bridgehead atoms. The summed E-state index contributed by atoms with van der Waals surface area (Å²) in [5, 5.41) is 7.05. The van der Waals surface area contributed by atoms with Crippen molar-refractivity contribution in [2.24, 2.45) is 0 Å². The summed E-state index contributed by atoms with van der Waals surface area (Å²) in [4.78, 5) is 0. The van der Waals surface area contributed by atoms with Crippen LogP contribution in [0, 0.1) is 0 Å². The number of alkyl halides is 3. The number of nitrogens with one attached hydrogen (secondary N) is 2. The molecule has 0 saturated carbocycles. The first-order chi connectivity index (χ1) is 13.8. The number of hydrogen-bond acceptors (Lipinski definition) is 4. The molecule has 4 nitrogen and oxygen atoms in total. The Labute approximate surface area is 169 Å². The van der Waals surface area contributed by atoms with Crippen molar-refractivity contribution in [2.75, 3.05) is 6.54 Å². The van der Waals surface area contributed by atoms with E-state index in [0.29, 0.717) is 17.9 Å². The Hall–Kier alpha value is -2.25. The third-order valence-corrected chi connectivity index (χ3v) is 4.80. The molecule has 1 unspecified atom stereocenters. The van der Waals surface area contributed by atoms with Crippen molar-refractivity contribution in [3.63, 3.8) is 0 Å². The Kier molecular flexibility index (Phi) is 7.03. The quantitative estimate of drug-likeness (QED) is 0.680. The third-order valence-electron chi connectivity index (χ3n) is 4.80. The van der Waals surface area contributed by atoms with Crippen molar-refractivity contribution in [2.45, 2.75) is 57.8 Å². The zero-order chi connectivity index (χ0) is 20.9. The van der Waals surface area contributed by atoms with E-state index < -0.39 is 6.36 Å². The molecule has 1 aliphatic rings. The summed E-state index contributed by atoms with van der Waals surface area (Å²) in [5.74, 6) is 0.314. The highest BCUT2D eigenvalue weighted by Crippen LogP contribution is 2.30. The molecule has 1 saturated heterocycles. The fraction of sp³-hybridized carbons (Fsp3) is 0.455. The van der Waals surface area contributed by atoms with Crippen molar-refractivity contribution >= 4 is 0 Å². The molecule has 2 N–H and O–H groups in total. The van der Waals surface area contributed by atoms with Gasteiger partial charge in [0, 0.05) is 24.2 Å². The smallest absolute Gasteiger partial charge is 0.491 e. The Morgan fingerprint density at radius 2 is 1.90 bits per heavy atom. The van der Waals surface area contributed by atoms with E-state index in [4.69, 9.17) is 4.74 Å². The molecule has 1 aliphatic heterocycles. The monoisotopic (exact) mass is 408 g/mol. The predicted molar refractivity (Wildman–Crippen MR) is 106 cm³/mol. The van der Waals surface area contributed by atoms with Gasteiger partial charge in [-0.15, -0.1) is 13.2 Å². The summed E-state index contributed by atoms with van der Waals surface area (Å²) in [6.07, 6.45) is -2.80. The van der Waals surface area contributed by atoms with Gasteiger partial charge in [0.1, 0.15) is 11.5 Å². The fourth-order valence-electron chi connectivity index (χ4n) is 3.62. The molecule has 158 valence electrons. The van der Waals surface area contributed by atoms with E-state index in [0.717, 1.165) is 19.4 Å². The van der Waals surface area contributed by atoms with Gasteiger partial charge in [-0.3, -0.25) is 0 Å². The maximum atomic E-state index is 12.6. The summed E-state index contributed by atoms with van der Waals surface area (Å²) >= 11 is 0. The van der Waals surface area contributed by atoms with Crippen molar-refractivity contribution in [3.05, 3.63) is 59.7 Å². The van der Waals surface area contributed by atoms with Crippen molar-refractivity contribution in [1.29, 1.82) is 0 Å². The van der Waals surface area contributed by atoms with Crippen LogP contribution in [0.2, 0.25) is 0 Å². The summed E-state index contributed by atoms with van der Waals surface area (Å²) in [5.41, 5.74) is 1.83. The molecule has 1 heterocycles. The average Bonchev–Trinajstić information content (AvgIpc) is 2.67. The Morgan fingerprint density at radius 3 is 2.59 bits per heavy atom. The van der Waals surface area contributed by atoms with Gasteiger partial charge in [-0.05, 0) is 57.0 Å². The number of rotatable bonds is 7. The highest BCUT2D eigenvalue weighted by atomic mass is 19.4. The SMILES string of the molecule is CC(C)Oc1ccc(OC(F)(F)F)cc1CNC1CCCN[C@H]1c1ccccc1. The van der Waals surface area contributed by atoms with E-state index in [1.807, 2.05) is 32.0 Å². The molecule has 0 radical (unpaired) electrons. The van der Waals surface area contributed by atoms with Gasteiger partial charge in [0.15, 0.2) is 0 Å². The molecule has 0 aliphatic carbocycles. The van der Waals surface area contributed by atoms with Gasteiger partial charge in [-0.25, -0.2) is 0 Å². The molecule has 1 fully saturated rings. The normalized spacial score (nSPS) is 19.9. The van der Waals surface area contributed by atoms with Crippen LogP contribution in [0.4, 0.5) is 13.2 Å². The number of halogens is 3. The summed E-state index contributed by atoms with van der Waals surface area (Å²) < 4.78 is 47.7. The second-order valence-electron chi connectivity index (χ2n) is 7.46. The molecule has 7 heteroatoms. The fourth-order valence-corrected chi connectivity index (χ4v) is 3.62. The standard InChI is InChI=1S/C22H27F3N2O2/c1-15(2)28-20-11-10-18(29-22(23,24)25)13-17(20)14-27-19-9-6-12-26-21(19)16-7-4-3-5-8-16/h3-5,7-8,10-11,13,15,19,21,26-27H,6,9,12,14H2,1-2H3/t19?,21-/m0/s1. The van der Waals surface area contributed by atoms with Crippen LogP contribution in [-0.4, -0.2) is 25.1 Å². The zero-order valence-electron chi connectivity index (χ0n) is 16.6.